The zero-order chi connectivity index (χ0) is 15.6. The average molecular weight is 291 g/mol. The van der Waals surface area contributed by atoms with Crippen molar-refractivity contribution in [3.63, 3.8) is 0 Å². The van der Waals surface area contributed by atoms with Crippen LogP contribution in [0.25, 0.3) is 0 Å². The number of amides is 1. The van der Waals surface area contributed by atoms with Crippen molar-refractivity contribution in [2.75, 3.05) is 5.32 Å². The molecule has 2 rings (SSSR count). The highest BCUT2D eigenvalue weighted by atomic mass is 19.1. The van der Waals surface area contributed by atoms with E-state index in [1.54, 1.807) is 0 Å². The van der Waals surface area contributed by atoms with E-state index in [-0.39, 0.29) is 11.1 Å². The number of rotatable bonds is 3. The number of carboxylic acid groups (broad SMARTS) is 1. The molecule has 4 nitrogen and oxygen atoms in total. The molecule has 2 aromatic rings. The predicted octanol–water partition coefficient (Wildman–Crippen LogP) is 3.22. The van der Waals surface area contributed by atoms with E-state index in [0.29, 0.717) is 0 Å². The Morgan fingerprint density at radius 1 is 1.05 bits per heavy atom. The molecule has 0 aliphatic heterocycles. The Kier molecular flexibility index (Phi) is 3.98. The second-order valence-electron chi connectivity index (χ2n) is 4.36. The number of para-hydroxylation sites is 1. The van der Waals surface area contributed by atoms with Crippen LogP contribution >= 0.6 is 0 Å². The molecule has 0 saturated carbocycles. The fraction of sp³-hybridized carbons (Fsp3) is 0.0667. The predicted molar refractivity (Wildman–Crippen MR) is 72.4 cm³/mol. The summed E-state index contributed by atoms with van der Waals surface area (Å²) < 4.78 is 27.5. The summed E-state index contributed by atoms with van der Waals surface area (Å²) in [5.74, 6) is -3.95. The molecule has 2 N–H and O–H groups in total. The first-order valence-electron chi connectivity index (χ1n) is 6.00. The summed E-state index contributed by atoms with van der Waals surface area (Å²) in [6, 6.07) is 7.56. The number of halogens is 2. The van der Waals surface area contributed by atoms with Crippen LogP contribution < -0.4 is 5.32 Å². The van der Waals surface area contributed by atoms with Crippen molar-refractivity contribution in [3.8, 4) is 0 Å². The molecule has 21 heavy (non-hydrogen) atoms. The summed E-state index contributed by atoms with van der Waals surface area (Å²) in [7, 11) is 0. The number of anilines is 1. The zero-order valence-electron chi connectivity index (χ0n) is 11.0. The minimum Gasteiger partial charge on any atom is -0.478 e. The first-order chi connectivity index (χ1) is 9.91. The Bertz CT molecular complexity index is 729. The van der Waals surface area contributed by atoms with E-state index in [0.717, 1.165) is 12.1 Å². The minimum absolute atomic E-state index is 0.259. The summed E-state index contributed by atoms with van der Waals surface area (Å²) in [5, 5.41) is 11.1. The number of aromatic carboxylic acids is 1. The van der Waals surface area contributed by atoms with Crippen LogP contribution in [0, 0.1) is 18.6 Å². The van der Waals surface area contributed by atoms with Gasteiger partial charge in [-0.15, -0.1) is 0 Å². The topological polar surface area (TPSA) is 66.4 Å². The van der Waals surface area contributed by atoms with Crippen LogP contribution in [-0.2, 0) is 0 Å². The lowest BCUT2D eigenvalue weighted by Crippen LogP contribution is -2.17. The Morgan fingerprint density at radius 2 is 1.67 bits per heavy atom. The molecule has 0 aliphatic carbocycles. The molecule has 0 saturated heterocycles. The van der Waals surface area contributed by atoms with Gasteiger partial charge in [-0.2, -0.15) is 0 Å². The number of carboxylic acids is 1. The number of nitrogens with one attached hydrogen (secondary N) is 1. The van der Waals surface area contributed by atoms with Crippen molar-refractivity contribution in [1.82, 2.24) is 0 Å². The lowest BCUT2D eigenvalue weighted by molar-refractivity contribution is 0.0697. The molecule has 0 fully saturated rings. The van der Waals surface area contributed by atoms with Gasteiger partial charge in [0.25, 0.3) is 5.91 Å². The molecule has 0 radical (unpaired) electrons. The van der Waals surface area contributed by atoms with Crippen molar-refractivity contribution in [3.05, 3.63) is 64.7 Å². The first kappa shape index (κ1) is 14.6. The fourth-order valence-electron chi connectivity index (χ4n) is 1.83. The van der Waals surface area contributed by atoms with Crippen LogP contribution in [-0.4, -0.2) is 17.0 Å². The van der Waals surface area contributed by atoms with Crippen molar-refractivity contribution in [2.24, 2.45) is 0 Å². The molecular formula is C15H11F2NO3. The summed E-state index contributed by atoms with van der Waals surface area (Å²) >= 11 is 0. The van der Waals surface area contributed by atoms with Gasteiger partial charge in [0.05, 0.1) is 16.8 Å². The maximum atomic E-state index is 13.8. The maximum absolute atomic E-state index is 13.8. The number of hydrogen-bond acceptors (Lipinski definition) is 2. The van der Waals surface area contributed by atoms with Gasteiger partial charge in [-0.3, -0.25) is 4.79 Å². The molecule has 2 aromatic carbocycles. The molecule has 0 unspecified atom stereocenters. The zero-order valence-corrected chi connectivity index (χ0v) is 11.0. The second kappa shape index (κ2) is 5.70. The molecular weight excluding hydrogens is 280 g/mol. The van der Waals surface area contributed by atoms with Crippen molar-refractivity contribution >= 4 is 17.6 Å². The normalized spacial score (nSPS) is 10.2. The van der Waals surface area contributed by atoms with Gasteiger partial charge in [-0.1, -0.05) is 18.2 Å². The molecule has 1 amide bonds. The molecule has 0 aliphatic rings. The summed E-state index contributed by atoms with van der Waals surface area (Å²) in [5.41, 5.74) is -0.920. The summed E-state index contributed by atoms with van der Waals surface area (Å²) in [6.45, 7) is 1.48. The van der Waals surface area contributed by atoms with Crippen LogP contribution in [0.4, 0.5) is 14.5 Å². The summed E-state index contributed by atoms with van der Waals surface area (Å²) in [6.07, 6.45) is 0. The monoisotopic (exact) mass is 291 g/mol. The molecule has 0 heterocycles. The van der Waals surface area contributed by atoms with Crippen LogP contribution in [0.2, 0.25) is 0 Å². The lowest BCUT2D eigenvalue weighted by Gasteiger charge is -2.10. The number of carbonyl (C=O) groups excluding carboxylic acids is 1. The van der Waals surface area contributed by atoms with E-state index >= 15 is 0 Å². The van der Waals surface area contributed by atoms with Crippen LogP contribution in [0.15, 0.2) is 36.4 Å². The van der Waals surface area contributed by atoms with Gasteiger partial charge in [0.1, 0.15) is 11.6 Å². The van der Waals surface area contributed by atoms with Gasteiger partial charge in [0.2, 0.25) is 0 Å². The van der Waals surface area contributed by atoms with E-state index in [1.165, 1.54) is 31.2 Å². The highest BCUT2D eigenvalue weighted by Crippen LogP contribution is 2.22. The second-order valence-corrected chi connectivity index (χ2v) is 4.36. The first-order valence-corrected chi connectivity index (χ1v) is 6.00. The highest BCUT2D eigenvalue weighted by molar-refractivity contribution is 6.08. The highest BCUT2D eigenvalue weighted by Gasteiger charge is 2.19. The van der Waals surface area contributed by atoms with Crippen molar-refractivity contribution in [1.29, 1.82) is 0 Å². The standard InChI is InChI=1S/C15H11F2NO3/c1-8-4-2-5-9(12(8)17)14(19)18-13-10(15(20)21)6-3-7-11(13)16/h2-7H,1H3,(H,18,19)(H,20,21). The van der Waals surface area contributed by atoms with Crippen LogP contribution in [0.5, 0.6) is 0 Å². The number of carbonyl (C=O) groups is 2. The van der Waals surface area contributed by atoms with Gasteiger partial charge in [-0.25, -0.2) is 13.6 Å². The SMILES string of the molecule is Cc1cccc(C(=O)Nc2c(F)cccc2C(=O)O)c1F. The largest absolute Gasteiger partial charge is 0.478 e. The van der Waals surface area contributed by atoms with Gasteiger partial charge >= 0.3 is 5.97 Å². The number of benzene rings is 2. The maximum Gasteiger partial charge on any atom is 0.337 e. The van der Waals surface area contributed by atoms with E-state index < -0.39 is 34.8 Å². The molecule has 0 bridgehead atoms. The van der Waals surface area contributed by atoms with Crippen molar-refractivity contribution < 1.29 is 23.5 Å². The van der Waals surface area contributed by atoms with Gasteiger partial charge in [0, 0.05) is 0 Å². The molecule has 0 aromatic heterocycles. The molecule has 0 atom stereocenters. The van der Waals surface area contributed by atoms with Gasteiger partial charge in [-0.05, 0) is 30.7 Å². The van der Waals surface area contributed by atoms with E-state index in [9.17, 15) is 18.4 Å². The molecule has 0 spiro atoms. The van der Waals surface area contributed by atoms with E-state index in [2.05, 4.69) is 5.32 Å². The minimum atomic E-state index is -1.39. The third-order valence-corrected chi connectivity index (χ3v) is 2.92. The molecule has 108 valence electrons. The quantitative estimate of drug-likeness (QED) is 0.912. The third kappa shape index (κ3) is 2.89. The van der Waals surface area contributed by atoms with Crippen LogP contribution in [0.1, 0.15) is 26.3 Å². The Balaban J connectivity index is 2.41. The Hall–Kier alpha value is -2.76. The smallest absolute Gasteiger partial charge is 0.337 e. The third-order valence-electron chi connectivity index (χ3n) is 2.92. The number of aryl methyl sites for hydroxylation is 1. The van der Waals surface area contributed by atoms with E-state index in [4.69, 9.17) is 5.11 Å². The Morgan fingerprint density at radius 3 is 2.33 bits per heavy atom. The fourth-order valence-corrected chi connectivity index (χ4v) is 1.83. The van der Waals surface area contributed by atoms with E-state index in [1.807, 2.05) is 0 Å². The van der Waals surface area contributed by atoms with Gasteiger partial charge < -0.3 is 10.4 Å². The Labute approximate surface area is 119 Å². The van der Waals surface area contributed by atoms with Crippen molar-refractivity contribution in [2.45, 2.75) is 6.92 Å². The lowest BCUT2D eigenvalue weighted by atomic mass is 10.1. The average Bonchev–Trinajstić information content (AvgIpc) is 2.43. The van der Waals surface area contributed by atoms with Crippen LogP contribution in [0.3, 0.4) is 0 Å². The molecule has 6 heteroatoms. The number of hydrogen-bond donors (Lipinski definition) is 2. The van der Waals surface area contributed by atoms with Gasteiger partial charge in [0.15, 0.2) is 0 Å². The summed E-state index contributed by atoms with van der Waals surface area (Å²) in [4.78, 5) is 23.0.